The minimum atomic E-state index is -3.49. The van der Waals surface area contributed by atoms with Gasteiger partial charge in [-0.25, -0.2) is 8.42 Å². The minimum absolute atomic E-state index is 0.0355. The predicted octanol–water partition coefficient (Wildman–Crippen LogP) is 2.76. The topological polar surface area (TPSA) is 63.2 Å². The normalized spacial score (nSPS) is 12.2. The lowest BCUT2D eigenvalue weighted by molar-refractivity contribution is -0.122. The summed E-state index contributed by atoms with van der Waals surface area (Å²) in [6.07, 6.45) is 1.08. The lowest BCUT2D eigenvalue weighted by Crippen LogP contribution is -2.48. The molecular weight excluding hydrogens is 322 g/mol. The summed E-state index contributed by atoms with van der Waals surface area (Å²) in [6.45, 7) is 3.20. The van der Waals surface area contributed by atoms with Crippen LogP contribution in [-0.2, 0) is 14.6 Å². The van der Waals surface area contributed by atoms with Gasteiger partial charge in [-0.3, -0.25) is 4.79 Å². The molecule has 0 spiro atoms. The lowest BCUT2D eigenvalue weighted by atomic mass is 9.91. The Hall–Kier alpha value is -2.14. The molecule has 0 aliphatic heterocycles. The standard InChI is InChI=1S/C19H23NO3S/c1-19(2,24(3,22)23)18(21)20-14-17(15-10-6-4-7-11-15)16-12-8-5-9-13-16/h4-13,17H,14H2,1-3H3,(H,20,21). The molecule has 24 heavy (non-hydrogen) atoms. The highest BCUT2D eigenvalue weighted by Crippen LogP contribution is 2.24. The van der Waals surface area contributed by atoms with E-state index in [9.17, 15) is 13.2 Å². The molecule has 0 aromatic heterocycles. The highest BCUT2D eigenvalue weighted by Gasteiger charge is 2.38. The summed E-state index contributed by atoms with van der Waals surface area (Å²) < 4.78 is 22.2. The summed E-state index contributed by atoms with van der Waals surface area (Å²) in [4.78, 5) is 12.4. The molecule has 0 atom stereocenters. The summed E-state index contributed by atoms with van der Waals surface area (Å²) in [5.74, 6) is -0.520. The van der Waals surface area contributed by atoms with Crippen molar-refractivity contribution < 1.29 is 13.2 Å². The van der Waals surface area contributed by atoms with Crippen LogP contribution in [0.4, 0.5) is 0 Å². The van der Waals surface area contributed by atoms with Gasteiger partial charge in [-0.1, -0.05) is 60.7 Å². The molecule has 0 aliphatic rings. The molecule has 5 heteroatoms. The number of carbonyl (C=O) groups excluding carboxylic acids is 1. The van der Waals surface area contributed by atoms with Crippen LogP contribution in [0, 0.1) is 0 Å². The van der Waals surface area contributed by atoms with Crippen molar-refractivity contribution >= 4 is 15.7 Å². The highest BCUT2D eigenvalue weighted by molar-refractivity contribution is 7.92. The van der Waals surface area contributed by atoms with E-state index in [1.54, 1.807) is 0 Å². The van der Waals surface area contributed by atoms with E-state index < -0.39 is 20.5 Å². The molecule has 0 saturated heterocycles. The van der Waals surface area contributed by atoms with E-state index in [1.165, 1.54) is 13.8 Å². The van der Waals surface area contributed by atoms with Gasteiger partial charge in [0, 0.05) is 18.7 Å². The fourth-order valence-corrected chi connectivity index (χ4v) is 2.78. The van der Waals surface area contributed by atoms with Crippen LogP contribution in [0.15, 0.2) is 60.7 Å². The van der Waals surface area contributed by atoms with E-state index in [1.807, 2.05) is 60.7 Å². The molecule has 2 aromatic rings. The number of sulfone groups is 1. The zero-order valence-corrected chi connectivity index (χ0v) is 15.0. The first-order valence-electron chi connectivity index (χ1n) is 7.81. The van der Waals surface area contributed by atoms with Gasteiger partial charge >= 0.3 is 0 Å². The Bertz CT molecular complexity index is 744. The van der Waals surface area contributed by atoms with Gasteiger partial charge in [0.25, 0.3) is 0 Å². The Morgan fingerprint density at radius 2 is 1.38 bits per heavy atom. The van der Waals surface area contributed by atoms with Crippen molar-refractivity contribution in [1.82, 2.24) is 5.32 Å². The third-order valence-electron chi connectivity index (χ3n) is 4.34. The maximum absolute atomic E-state index is 12.4. The molecule has 0 bridgehead atoms. The van der Waals surface area contributed by atoms with Crippen LogP contribution in [0.3, 0.4) is 0 Å². The largest absolute Gasteiger partial charge is 0.354 e. The van der Waals surface area contributed by atoms with Crippen LogP contribution >= 0.6 is 0 Å². The maximum atomic E-state index is 12.4. The van der Waals surface area contributed by atoms with Crippen molar-refractivity contribution in [1.29, 1.82) is 0 Å². The smallest absolute Gasteiger partial charge is 0.240 e. The quantitative estimate of drug-likeness (QED) is 0.875. The molecule has 0 fully saturated rings. The average molecular weight is 345 g/mol. The van der Waals surface area contributed by atoms with Crippen molar-refractivity contribution in [2.75, 3.05) is 12.8 Å². The molecule has 0 radical (unpaired) electrons. The molecular formula is C19H23NO3S. The van der Waals surface area contributed by atoms with E-state index in [4.69, 9.17) is 0 Å². The monoisotopic (exact) mass is 345 g/mol. The van der Waals surface area contributed by atoms with Crippen LogP contribution in [-0.4, -0.2) is 31.9 Å². The zero-order chi connectivity index (χ0) is 17.8. The molecule has 4 nitrogen and oxygen atoms in total. The van der Waals surface area contributed by atoms with Crippen molar-refractivity contribution in [2.45, 2.75) is 24.5 Å². The number of benzene rings is 2. The fraction of sp³-hybridized carbons (Fsp3) is 0.316. The lowest BCUT2D eigenvalue weighted by Gasteiger charge is -2.24. The number of hydrogen-bond donors (Lipinski definition) is 1. The second-order valence-corrected chi connectivity index (χ2v) is 8.93. The summed E-state index contributed by atoms with van der Waals surface area (Å²) in [5, 5.41) is 2.81. The number of rotatable bonds is 6. The van der Waals surface area contributed by atoms with Crippen molar-refractivity contribution in [2.24, 2.45) is 0 Å². The number of carbonyl (C=O) groups is 1. The molecule has 2 rings (SSSR count). The summed E-state index contributed by atoms with van der Waals surface area (Å²) in [6, 6.07) is 19.7. The summed E-state index contributed by atoms with van der Waals surface area (Å²) in [5.41, 5.74) is 2.14. The Morgan fingerprint density at radius 1 is 0.958 bits per heavy atom. The van der Waals surface area contributed by atoms with Crippen LogP contribution in [0.1, 0.15) is 30.9 Å². The van der Waals surface area contributed by atoms with Crippen LogP contribution in [0.5, 0.6) is 0 Å². The Labute approximate surface area is 143 Å². The summed E-state index contributed by atoms with van der Waals surface area (Å²) in [7, 11) is -3.49. The summed E-state index contributed by atoms with van der Waals surface area (Å²) >= 11 is 0. The molecule has 1 amide bonds. The third-order valence-corrected chi connectivity index (χ3v) is 6.38. The first kappa shape index (κ1) is 18.2. The van der Waals surface area contributed by atoms with Crippen LogP contribution < -0.4 is 5.32 Å². The molecule has 2 aromatic carbocycles. The number of nitrogens with one attached hydrogen (secondary N) is 1. The van der Waals surface area contributed by atoms with Gasteiger partial charge in [-0.2, -0.15) is 0 Å². The minimum Gasteiger partial charge on any atom is -0.354 e. The molecule has 128 valence electrons. The van der Waals surface area contributed by atoms with E-state index >= 15 is 0 Å². The van der Waals surface area contributed by atoms with Gasteiger partial charge in [0.05, 0.1) is 0 Å². The number of amides is 1. The van der Waals surface area contributed by atoms with Gasteiger partial charge in [0.1, 0.15) is 4.75 Å². The third kappa shape index (κ3) is 4.03. The van der Waals surface area contributed by atoms with Crippen molar-refractivity contribution in [3.8, 4) is 0 Å². The van der Waals surface area contributed by atoms with Gasteiger partial charge in [0.15, 0.2) is 9.84 Å². The zero-order valence-electron chi connectivity index (χ0n) is 14.2. The van der Waals surface area contributed by atoms with E-state index in [0.29, 0.717) is 6.54 Å². The Balaban J connectivity index is 2.23. The van der Waals surface area contributed by atoms with Crippen molar-refractivity contribution in [3.63, 3.8) is 0 Å². The molecule has 0 aliphatic carbocycles. The van der Waals surface area contributed by atoms with E-state index in [2.05, 4.69) is 5.32 Å². The predicted molar refractivity (Wildman–Crippen MR) is 96.7 cm³/mol. The molecule has 0 unspecified atom stereocenters. The van der Waals surface area contributed by atoms with Gasteiger partial charge in [-0.05, 0) is 25.0 Å². The Kier molecular flexibility index (Phi) is 5.44. The maximum Gasteiger partial charge on any atom is 0.240 e. The SMILES string of the molecule is CC(C)(C(=O)NCC(c1ccccc1)c1ccccc1)S(C)(=O)=O. The van der Waals surface area contributed by atoms with Gasteiger partial charge < -0.3 is 5.32 Å². The van der Waals surface area contributed by atoms with Gasteiger partial charge in [-0.15, -0.1) is 0 Å². The molecule has 0 saturated carbocycles. The first-order valence-corrected chi connectivity index (χ1v) is 9.70. The Morgan fingerprint density at radius 3 is 1.75 bits per heavy atom. The van der Waals surface area contributed by atoms with E-state index in [0.717, 1.165) is 17.4 Å². The van der Waals surface area contributed by atoms with E-state index in [-0.39, 0.29) is 5.92 Å². The van der Waals surface area contributed by atoms with Gasteiger partial charge in [0.2, 0.25) is 5.91 Å². The highest BCUT2D eigenvalue weighted by atomic mass is 32.2. The van der Waals surface area contributed by atoms with Crippen molar-refractivity contribution in [3.05, 3.63) is 71.8 Å². The first-order chi connectivity index (χ1) is 11.2. The average Bonchev–Trinajstić information content (AvgIpc) is 2.55. The molecule has 0 heterocycles. The van der Waals surface area contributed by atoms with Crippen LogP contribution in [0.25, 0.3) is 0 Å². The fourth-order valence-electron chi connectivity index (χ4n) is 2.37. The molecule has 1 N–H and O–H groups in total. The van der Waals surface area contributed by atoms with Crippen LogP contribution in [0.2, 0.25) is 0 Å². The number of hydrogen-bond acceptors (Lipinski definition) is 3. The second kappa shape index (κ2) is 7.18. The second-order valence-electron chi connectivity index (χ2n) is 6.37.